The molecule has 0 bridgehead atoms. The molecular weight excluding hydrogens is 376 g/mol. The van der Waals surface area contributed by atoms with Crippen molar-refractivity contribution in [3.05, 3.63) is 65.5 Å². The molecule has 0 spiro atoms. The molecule has 3 rings (SSSR count). The van der Waals surface area contributed by atoms with Crippen molar-refractivity contribution in [2.75, 3.05) is 32.8 Å². The van der Waals surface area contributed by atoms with Gasteiger partial charge in [0.25, 0.3) is 5.91 Å². The molecule has 1 aliphatic rings. The van der Waals surface area contributed by atoms with E-state index in [1.165, 1.54) is 30.3 Å². The lowest BCUT2D eigenvalue weighted by atomic mass is 10.1. The number of amides is 1. The molecule has 1 fully saturated rings. The van der Waals surface area contributed by atoms with Gasteiger partial charge in [-0.1, -0.05) is 18.2 Å². The van der Waals surface area contributed by atoms with Gasteiger partial charge in [-0.05, 0) is 35.9 Å². The van der Waals surface area contributed by atoms with Crippen molar-refractivity contribution in [3.63, 3.8) is 0 Å². The van der Waals surface area contributed by atoms with Gasteiger partial charge in [0.1, 0.15) is 11.6 Å². The lowest BCUT2D eigenvalue weighted by molar-refractivity contribution is -0.153. The molecule has 0 unspecified atom stereocenters. The molecule has 1 heterocycles. The summed E-state index contributed by atoms with van der Waals surface area (Å²) in [5.74, 6) is -0.502. The number of hydrogen-bond acceptors (Lipinski definition) is 3. The summed E-state index contributed by atoms with van der Waals surface area (Å²) in [4.78, 5) is 16.5. The number of benzene rings is 2. The highest BCUT2D eigenvalue weighted by Crippen LogP contribution is 2.20. The molecule has 2 aromatic rings. The standard InChI is InChI=1S/C20H20F4N2O2/c21-17-6-4-15(5-7-17)13-25-8-10-26(11-9-25)19(27)16-2-1-3-18(12-16)28-14-20(22,23)24/h1-7,12H,8-11,13-14H2. The number of rotatable bonds is 5. The van der Waals surface area contributed by atoms with Crippen LogP contribution in [0.4, 0.5) is 17.6 Å². The van der Waals surface area contributed by atoms with Crippen LogP contribution in [0.1, 0.15) is 15.9 Å². The topological polar surface area (TPSA) is 32.8 Å². The Morgan fingerprint density at radius 1 is 1.00 bits per heavy atom. The van der Waals surface area contributed by atoms with Crippen molar-refractivity contribution in [2.45, 2.75) is 12.7 Å². The van der Waals surface area contributed by atoms with E-state index >= 15 is 0 Å². The largest absolute Gasteiger partial charge is 0.484 e. The van der Waals surface area contributed by atoms with Crippen molar-refractivity contribution in [1.82, 2.24) is 9.80 Å². The van der Waals surface area contributed by atoms with Gasteiger partial charge in [-0.2, -0.15) is 13.2 Å². The van der Waals surface area contributed by atoms with E-state index in [9.17, 15) is 22.4 Å². The maximum Gasteiger partial charge on any atom is 0.422 e. The van der Waals surface area contributed by atoms with Gasteiger partial charge < -0.3 is 9.64 Å². The van der Waals surface area contributed by atoms with Crippen molar-refractivity contribution in [1.29, 1.82) is 0 Å². The van der Waals surface area contributed by atoms with E-state index in [1.807, 2.05) is 0 Å². The van der Waals surface area contributed by atoms with Crippen LogP contribution in [0.25, 0.3) is 0 Å². The van der Waals surface area contributed by atoms with E-state index in [2.05, 4.69) is 4.90 Å². The third-order valence-electron chi connectivity index (χ3n) is 4.46. The van der Waals surface area contributed by atoms with Crippen LogP contribution in [0.2, 0.25) is 0 Å². The quantitative estimate of drug-likeness (QED) is 0.723. The molecule has 0 aliphatic carbocycles. The number of ether oxygens (including phenoxy) is 1. The van der Waals surface area contributed by atoms with Gasteiger partial charge in [-0.25, -0.2) is 4.39 Å². The first-order valence-electron chi connectivity index (χ1n) is 8.86. The number of carbonyl (C=O) groups is 1. The van der Waals surface area contributed by atoms with Gasteiger partial charge in [0.05, 0.1) is 0 Å². The molecule has 0 saturated carbocycles. The Labute approximate surface area is 160 Å². The summed E-state index contributed by atoms with van der Waals surface area (Å²) in [6.45, 7) is 1.61. The Morgan fingerprint density at radius 2 is 1.68 bits per heavy atom. The summed E-state index contributed by atoms with van der Waals surface area (Å²) in [6, 6.07) is 12.1. The van der Waals surface area contributed by atoms with Gasteiger partial charge >= 0.3 is 6.18 Å². The van der Waals surface area contributed by atoms with Crippen LogP contribution in [-0.4, -0.2) is 54.7 Å². The van der Waals surface area contributed by atoms with Crippen molar-refractivity contribution in [2.24, 2.45) is 0 Å². The zero-order valence-corrected chi connectivity index (χ0v) is 15.1. The van der Waals surface area contributed by atoms with Crippen LogP contribution >= 0.6 is 0 Å². The summed E-state index contributed by atoms with van der Waals surface area (Å²) in [5.41, 5.74) is 1.29. The summed E-state index contributed by atoms with van der Waals surface area (Å²) in [5, 5.41) is 0. The molecular formula is C20H20F4N2O2. The predicted molar refractivity (Wildman–Crippen MR) is 95.6 cm³/mol. The zero-order valence-electron chi connectivity index (χ0n) is 15.1. The number of carbonyl (C=O) groups excluding carboxylic acids is 1. The molecule has 0 radical (unpaired) electrons. The number of halogens is 4. The average molecular weight is 396 g/mol. The third kappa shape index (κ3) is 5.69. The number of alkyl halides is 3. The fraction of sp³-hybridized carbons (Fsp3) is 0.350. The van der Waals surface area contributed by atoms with Gasteiger partial charge in [0.2, 0.25) is 0 Å². The van der Waals surface area contributed by atoms with Gasteiger partial charge in [-0.3, -0.25) is 9.69 Å². The maximum absolute atomic E-state index is 13.0. The Bertz CT molecular complexity index is 801. The second-order valence-corrected chi connectivity index (χ2v) is 6.63. The van der Waals surface area contributed by atoms with E-state index < -0.39 is 12.8 Å². The number of nitrogens with zero attached hydrogens (tertiary/aromatic N) is 2. The summed E-state index contributed by atoms with van der Waals surface area (Å²) < 4.78 is 54.5. The van der Waals surface area contributed by atoms with Crippen molar-refractivity contribution in [3.8, 4) is 5.75 Å². The van der Waals surface area contributed by atoms with Crippen LogP contribution in [0, 0.1) is 5.82 Å². The van der Waals surface area contributed by atoms with Gasteiger partial charge in [0.15, 0.2) is 6.61 Å². The minimum absolute atomic E-state index is 0.0121. The average Bonchev–Trinajstić information content (AvgIpc) is 2.68. The lowest BCUT2D eigenvalue weighted by Crippen LogP contribution is -2.48. The maximum atomic E-state index is 13.0. The Morgan fingerprint density at radius 3 is 2.32 bits per heavy atom. The first kappa shape index (κ1) is 20.1. The van der Waals surface area contributed by atoms with E-state index in [0.717, 1.165) is 5.56 Å². The van der Waals surface area contributed by atoms with Crippen LogP contribution in [0.5, 0.6) is 5.75 Å². The lowest BCUT2D eigenvalue weighted by Gasteiger charge is -2.34. The highest BCUT2D eigenvalue weighted by molar-refractivity contribution is 5.94. The minimum Gasteiger partial charge on any atom is -0.484 e. The van der Waals surface area contributed by atoms with Crippen LogP contribution in [0.15, 0.2) is 48.5 Å². The summed E-state index contributed by atoms with van der Waals surface area (Å²) in [7, 11) is 0. The SMILES string of the molecule is O=C(c1cccc(OCC(F)(F)F)c1)N1CCN(Cc2ccc(F)cc2)CC1. The van der Waals surface area contributed by atoms with E-state index in [1.54, 1.807) is 23.1 Å². The normalized spacial score (nSPS) is 15.5. The van der Waals surface area contributed by atoms with Crippen LogP contribution in [0.3, 0.4) is 0 Å². The monoisotopic (exact) mass is 396 g/mol. The Hall–Kier alpha value is -2.61. The Balaban J connectivity index is 1.54. The molecule has 0 N–H and O–H groups in total. The second-order valence-electron chi connectivity index (χ2n) is 6.63. The molecule has 8 heteroatoms. The van der Waals surface area contributed by atoms with E-state index in [0.29, 0.717) is 38.3 Å². The molecule has 0 atom stereocenters. The zero-order chi connectivity index (χ0) is 20.1. The highest BCUT2D eigenvalue weighted by Gasteiger charge is 2.28. The molecule has 28 heavy (non-hydrogen) atoms. The van der Waals surface area contributed by atoms with Gasteiger partial charge in [0, 0.05) is 38.3 Å². The van der Waals surface area contributed by atoms with E-state index in [4.69, 9.17) is 4.74 Å². The number of hydrogen-bond donors (Lipinski definition) is 0. The second kappa shape index (κ2) is 8.60. The van der Waals surface area contributed by atoms with Gasteiger partial charge in [-0.15, -0.1) is 0 Å². The first-order chi connectivity index (χ1) is 13.3. The molecule has 0 aromatic heterocycles. The van der Waals surface area contributed by atoms with Crippen LogP contribution in [-0.2, 0) is 6.54 Å². The molecule has 1 aliphatic heterocycles. The molecule has 2 aromatic carbocycles. The fourth-order valence-corrected chi connectivity index (χ4v) is 3.02. The molecule has 4 nitrogen and oxygen atoms in total. The van der Waals surface area contributed by atoms with E-state index in [-0.39, 0.29) is 17.5 Å². The number of piperazine rings is 1. The molecule has 1 amide bonds. The van der Waals surface area contributed by atoms with Crippen LogP contribution < -0.4 is 4.74 Å². The summed E-state index contributed by atoms with van der Waals surface area (Å²) in [6.07, 6.45) is -4.43. The van der Waals surface area contributed by atoms with Crippen molar-refractivity contribution < 1.29 is 27.1 Å². The smallest absolute Gasteiger partial charge is 0.422 e. The fourth-order valence-electron chi connectivity index (χ4n) is 3.02. The minimum atomic E-state index is -4.43. The molecule has 1 saturated heterocycles. The molecule has 150 valence electrons. The van der Waals surface area contributed by atoms with Crippen molar-refractivity contribution >= 4 is 5.91 Å². The predicted octanol–water partition coefficient (Wildman–Crippen LogP) is 3.72. The third-order valence-corrected chi connectivity index (χ3v) is 4.46. The summed E-state index contributed by atoms with van der Waals surface area (Å²) >= 11 is 0. The highest BCUT2D eigenvalue weighted by atomic mass is 19.4. The Kier molecular flexibility index (Phi) is 6.18. The first-order valence-corrected chi connectivity index (χ1v) is 8.86.